The largest absolute Gasteiger partial charge is 0.393 e. The van der Waals surface area contributed by atoms with Crippen LogP contribution in [0.15, 0.2) is 61.1 Å². The predicted octanol–water partition coefficient (Wildman–Crippen LogP) is 5.12. The monoisotopic (exact) mass is 406 g/mol. The summed E-state index contributed by atoms with van der Waals surface area (Å²) in [5.74, 6) is 0.0239. The number of fused-ring (bicyclic) bond motifs is 3. The van der Waals surface area contributed by atoms with Gasteiger partial charge in [0, 0.05) is 11.1 Å². The molecule has 30 heavy (non-hydrogen) atoms. The fourth-order valence-electron chi connectivity index (χ4n) is 5.08. The molecule has 0 saturated heterocycles. The lowest BCUT2D eigenvalue weighted by Crippen LogP contribution is -2.30. The molecule has 1 N–H and O–H groups in total. The van der Waals surface area contributed by atoms with Crippen molar-refractivity contribution >= 4 is 0 Å². The Morgan fingerprint density at radius 1 is 1.07 bits per heavy atom. The Hall–Kier alpha value is -2.50. The zero-order valence-electron chi connectivity index (χ0n) is 17.0. The molecule has 1 aliphatic heterocycles. The van der Waals surface area contributed by atoms with Crippen molar-refractivity contribution in [1.82, 2.24) is 9.55 Å². The van der Waals surface area contributed by atoms with Crippen LogP contribution in [-0.2, 0) is 11.3 Å². The van der Waals surface area contributed by atoms with Crippen molar-refractivity contribution in [1.29, 1.82) is 0 Å². The van der Waals surface area contributed by atoms with Gasteiger partial charge in [0.15, 0.2) is 0 Å². The Kier molecular flexibility index (Phi) is 5.40. The molecule has 1 aromatic heterocycles. The number of halogens is 1. The van der Waals surface area contributed by atoms with E-state index in [1.807, 2.05) is 28.8 Å². The van der Waals surface area contributed by atoms with Crippen LogP contribution >= 0.6 is 0 Å². The van der Waals surface area contributed by atoms with Gasteiger partial charge in [0.25, 0.3) is 0 Å². The quantitative estimate of drug-likeness (QED) is 0.618. The predicted molar refractivity (Wildman–Crippen MR) is 113 cm³/mol. The van der Waals surface area contributed by atoms with Crippen molar-refractivity contribution in [2.75, 3.05) is 0 Å². The zero-order valence-corrected chi connectivity index (χ0v) is 17.0. The van der Waals surface area contributed by atoms with Gasteiger partial charge in [-0.2, -0.15) is 0 Å². The molecule has 2 aliphatic rings. The van der Waals surface area contributed by atoms with Crippen molar-refractivity contribution in [3.05, 3.63) is 78.0 Å². The molecule has 4 nitrogen and oxygen atoms in total. The van der Waals surface area contributed by atoms with Gasteiger partial charge >= 0.3 is 0 Å². The van der Waals surface area contributed by atoms with Crippen LogP contribution in [0.1, 0.15) is 49.3 Å². The molecule has 1 aliphatic carbocycles. The van der Waals surface area contributed by atoms with Gasteiger partial charge in [0.05, 0.1) is 43.1 Å². The number of imidazole rings is 1. The zero-order chi connectivity index (χ0) is 20.5. The van der Waals surface area contributed by atoms with E-state index in [1.165, 1.54) is 11.6 Å². The molecule has 2 heterocycles. The summed E-state index contributed by atoms with van der Waals surface area (Å²) in [5, 5.41) is 11.0. The van der Waals surface area contributed by atoms with Gasteiger partial charge in [-0.1, -0.05) is 42.5 Å². The minimum absolute atomic E-state index is 0.194. The number of hydrogen-bond acceptors (Lipinski definition) is 3. The van der Waals surface area contributed by atoms with Crippen LogP contribution in [0, 0.1) is 11.7 Å². The molecule has 1 saturated carbocycles. The minimum atomic E-state index is -0.467. The number of benzene rings is 2. The molecule has 2 atom stereocenters. The molecule has 0 bridgehead atoms. The summed E-state index contributed by atoms with van der Waals surface area (Å²) in [6.07, 6.45) is 7.62. The molecule has 0 amide bonds. The van der Waals surface area contributed by atoms with E-state index in [9.17, 15) is 9.50 Å². The first-order chi connectivity index (χ1) is 14.7. The highest BCUT2D eigenvalue weighted by Crippen LogP contribution is 2.44. The lowest BCUT2D eigenvalue weighted by Gasteiger charge is -2.32. The van der Waals surface area contributed by atoms with E-state index in [0.29, 0.717) is 18.6 Å². The maximum absolute atomic E-state index is 14.6. The SMILES string of the molecule is O[C@H](CC1c2c(F)cccc2-c2cncn21)[C@H]1CC[C@H](OCc2ccccc2)CC1. The summed E-state index contributed by atoms with van der Waals surface area (Å²) in [4.78, 5) is 4.24. The van der Waals surface area contributed by atoms with Gasteiger partial charge in [-0.25, -0.2) is 9.37 Å². The van der Waals surface area contributed by atoms with Gasteiger partial charge in [0.1, 0.15) is 5.82 Å². The van der Waals surface area contributed by atoms with Gasteiger partial charge in [-0.05, 0) is 49.7 Å². The van der Waals surface area contributed by atoms with E-state index in [1.54, 1.807) is 18.6 Å². The van der Waals surface area contributed by atoms with Crippen LogP contribution in [0.3, 0.4) is 0 Å². The molecule has 5 rings (SSSR count). The third-order valence-corrected chi connectivity index (χ3v) is 6.72. The number of ether oxygens (including phenoxy) is 1. The van der Waals surface area contributed by atoms with Gasteiger partial charge < -0.3 is 14.4 Å². The highest BCUT2D eigenvalue weighted by atomic mass is 19.1. The van der Waals surface area contributed by atoms with Crippen molar-refractivity contribution in [2.45, 2.75) is 57.0 Å². The maximum Gasteiger partial charge on any atom is 0.129 e. The summed E-state index contributed by atoms with van der Waals surface area (Å²) < 4.78 is 22.7. The molecule has 1 fully saturated rings. The molecule has 1 unspecified atom stereocenters. The van der Waals surface area contributed by atoms with Crippen molar-refractivity contribution < 1.29 is 14.2 Å². The van der Waals surface area contributed by atoms with Crippen LogP contribution < -0.4 is 0 Å². The fraction of sp³-hybridized carbons (Fsp3) is 0.400. The van der Waals surface area contributed by atoms with E-state index in [2.05, 4.69) is 17.1 Å². The van der Waals surface area contributed by atoms with Gasteiger partial charge in [0.2, 0.25) is 0 Å². The van der Waals surface area contributed by atoms with Crippen LogP contribution in [-0.4, -0.2) is 26.9 Å². The van der Waals surface area contributed by atoms with Crippen molar-refractivity contribution in [2.24, 2.45) is 5.92 Å². The number of aromatic nitrogens is 2. The summed E-state index contributed by atoms with van der Waals surface area (Å²) in [7, 11) is 0. The Bertz CT molecular complexity index is 995. The molecule has 2 aromatic carbocycles. The highest BCUT2D eigenvalue weighted by Gasteiger charge is 2.35. The maximum atomic E-state index is 14.6. The van der Waals surface area contributed by atoms with E-state index in [4.69, 9.17) is 4.74 Å². The molecule has 3 aromatic rings. The first-order valence-electron chi connectivity index (χ1n) is 10.8. The van der Waals surface area contributed by atoms with Crippen LogP contribution in [0.5, 0.6) is 0 Å². The lowest BCUT2D eigenvalue weighted by atomic mass is 9.81. The summed E-state index contributed by atoms with van der Waals surface area (Å²) in [6.45, 7) is 0.639. The van der Waals surface area contributed by atoms with E-state index < -0.39 is 6.10 Å². The second-order valence-corrected chi connectivity index (χ2v) is 8.54. The third-order valence-electron chi connectivity index (χ3n) is 6.72. The standard InChI is InChI=1S/C25H27FN2O2/c26-21-8-4-7-20-23-14-27-16-28(23)22(25(20)21)13-24(29)18-9-11-19(12-10-18)30-15-17-5-2-1-3-6-17/h1-8,14,16,18-19,22,24,29H,9-13,15H2/t18-,19-,22?,24-/m1/s1. The molecular formula is C25H27FN2O2. The van der Waals surface area contributed by atoms with E-state index >= 15 is 0 Å². The number of aliphatic hydroxyl groups excluding tert-OH is 1. The van der Waals surface area contributed by atoms with Crippen molar-refractivity contribution in [3.63, 3.8) is 0 Å². The van der Waals surface area contributed by atoms with Crippen molar-refractivity contribution in [3.8, 4) is 11.3 Å². The first-order valence-corrected chi connectivity index (χ1v) is 10.8. The lowest BCUT2D eigenvalue weighted by molar-refractivity contribution is -0.0160. The Labute approximate surface area is 176 Å². The van der Waals surface area contributed by atoms with Crippen LogP contribution in [0.2, 0.25) is 0 Å². The number of rotatable bonds is 6. The second-order valence-electron chi connectivity index (χ2n) is 8.54. The topological polar surface area (TPSA) is 47.3 Å². The average Bonchev–Trinajstić information content (AvgIpc) is 3.37. The fourth-order valence-corrected chi connectivity index (χ4v) is 5.08. The van der Waals surface area contributed by atoms with E-state index in [-0.39, 0.29) is 23.9 Å². The average molecular weight is 407 g/mol. The molecule has 0 radical (unpaired) electrons. The van der Waals surface area contributed by atoms with Crippen LogP contribution in [0.4, 0.5) is 4.39 Å². The van der Waals surface area contributed by atoms with Crippen LogP contribution in [0.25, 0.3) is 11.3 Å². The molecule has 156 valence electrons. The summed E-state index contributed by atoms with van der Waals surface area (Å²) >= 11 is 0. The first kappa shape index (κ1) is 19.5. The summed E-state index contributed by atoms with van der Waals surface area (Å²) in [5.41, 5.74) is 3.70. The van der Waals surface area contributed by atoms with Gasteiger partial charge in [-0.15, -0.1) is 0 Å². The van der Waals surface area contributed by atoms with E-state index in [0.717, 1.165) is 36.9 Å². The Morgan fingerprint density at radius 3 is 2.67 bits per heavy atom. The number of aliphatic hydroxyl groups is 1. The normalized spacial score (nSPS) is 23.7. The smallest absolute Gasteiger partial charge is 0.129 e. The second kappa shape index (κ2) is 8.32. The minimum Gasteiger partial charge on any atom is -0.393 e. The molecule has 5 heteroatoms. The Morgan fingerprint density at radius 2 is 1.87 bits per heavy atom. The number of hydrogen-bond donors (Lipinski definition) is 1. The third kappa shape index (κ3) is 3.68. The molecule has 0 spiro atoms. The van der Waals surface area contributed by atoms with Gasteiger partial charge in [-0.3, -0.25) is 0 Å². The number of nitrogens with zero attached hydrogens (tertiary/aromatic N) is 2. The highest BCUT2D eigenvalue weighted by molar-refractivity contribution is 5.69. The summed E-state index contributed by atoms with van der Waals surface area (Å²) in [6, 6.07) is 15.2. The Balaban J connectivity index is 1.20. The molecular weight excluding hydrogens is 379 g/mol.